The summed E-state index contributed by atoms with van der Waals surface area (Å²) < 4.78 is 14.5. The van der Waals surface area contributed by atoms with E-state index in [0.29, 0.717) is 5.56 Å². The van der Waals surface area contributed by atoms with E-state index in [4.69, 9.17) is 7.85 Å². The van der Waals surface area contributed by atoms with Crippen molar-refractivity contribution in [1.29, 1.82) is 0 Å². The number of carboxylic acid groups (broad SMARTS) is 1. The molecule has 0 aromatic heterocycles. The van der Waals surface area contributed by atoms with Gasteiger partial charge in [-0.1, -0.05) is 12.1 Å². The SMILES string of the molecule is [2H]C([2H])([NH3+])c1ccc(C(=O)O)cc1. The van der Waals surface area contributed by atoms with Crippen LogP contribution in [-0.4, -0.2) is 11.1 Å². The van der Waals surface area contributed by atoms with Gasteiger partial charge in [-0.05, 0) is 12.1 Å². The van der Waals surface area contributed by atoms with Crippen LogP contribution in [0.2, 0.25) is 0 Å². The Labute approximate surface area is 67.3 Å². The highest BCUT2D eigenvalue weighted by atomic mass is 16.4. The van der Waals surface area contributed by atoms with E-state index in [1.807, 2.05) is 0 Å². The second kappa shape index (κ2) is 3.16. The zero-order valence-corrected chi connectivity index (χ0v) is 5.87. The fraction of sp³-hybridized carbons (Fsp3) is 0.125. The Hall–Kier alpha value is -1.35. The van der Waals surface area contributed by atoms with Crippen molar-refractivity contribution >= 4 is 5.97 Å². The molecule has 4 N–H and O–H groups in total. The van der Waals surface area contributed by atoms with Crippen molar-refractivity contribution in [1.82, 2.24) is 0 Å². The minimum atomic E-state index is -1.67. The smallest absolute Gasteiger partial charge is 0.335 e. The van der Waals surface area contributed by atoms with Crippen molar-refractivity contribution in [2.45, 2.75) is 6.50 Å². The summed E-state index contributed by atoms with van der Waals surface area (Å²) in [5, 5.41) is 8.57. The number of quaternary nitrogens is 1. The van der Waals surface area contributed by atoms with Gasteiger partial charge < -0.3 is 10.8 Å². The van der Waals surface area contributed by atoms with Gasteiger partial charge in [-0.3, -0.25) is 0 Å². The van der Waals surface area contributed by atoms with Gasteiger partial charge in [-0.25, -0.2) is 4.79 Å². The molecule has 3 nitrogen and oxygen atoms in total. The Balaban J connectivity index is 3.01. The van der Waals surface area contributed by atoms with Gasteiger partial charge in [-0.15, -0.1) is 0 Å². The third kappa shape index (κ3) is 1.78. The fourth-order valence-electron chi connectivity index (χ4n) is 0.731. The van der Waals surface area contributed by atoms with Crippen LogP contribution in [0.15, 0.2) is 24.3 Å². The summed E-state index contributed by atoms with van der Waals surface area (Å²) >= 11 is 0. The molecule has 0 atom stereocenters. The lowest BCUT2D eigenvalue weighted by Gasteiger charge is -1.94. The molecule has 1 aromatic carbocycles. The lowest BCUT2D eigenvalue weighted by Crippen LogP contribution is -2.47. The van der Waals surface area contributed by atoms with Crippen molar-refractivity contribution in [3.63, 3.8) is 0 Å². The van der Waals surface area contributed by atoms with E-state index in [-0.39, 0.29) is 5.56 Å². The molecular weight excluding hydrogens is 142 g/mol. The van der Waals surface area contributed by atoms with E-state index in [1.54, 1.807) is 0 Å². The monoisotopic (exact) mass is 154 g/mol. The molecule has 0 heterocycles. The summed E-state index contributed by atoms with van der Waals surface area (Å²) in [6.07, 6.45) is 0. The highest BCUT2D eigenvalue weighted by Gasteiger charge is 2.00. The van der Waals surface area contributed by atoms with E-state index in [1.165, 1.54) is 24.3 Å². The van der Waals surface area contributed by atoms with Crippen molar-refractivity contribution in [2.75, 3.05) is 0 Å². The average molecular weight is 154 g/mol. The third-order valence-corrected chi connectivity index (χ3v) is 1.34. The Morgan fingerprint density at radius 1 is 1.55 bits per heavy atom. The molecule has 0 unspecified atom stereocenters. The van der Waals surface area contributed by atoms with Crippen LogP contribution in [0.4, 0.5) is 0 Å². The first-order chi connectivity index (χ1) is 5.91. The van der Waals surface area contributed by atoms with Gasteiger partial charge in [0, 0.05) is 5.56 Å². The van der Waals surface area contributed by atoms with Gasteiger partial charge in [0.1, 0.15) is 0 Å². The van der Waals surface area contributed by atoms with E-state index in [9.17, 15) is 4.79 Å². The summed E-state index contributed by atoms with van der Waals surface area (Å²) in [5.41, 5.74) is 3.82. The average Bonchev–Trinajstić information content (AvgIpc) is 2.03. The summed E-state index contributed by atoms with van der Waals surface area (Å²) in [6, 6.07) is 5.58. The van der Waals surface area contributed by atoms with Crippen molar-refractivity contribution in [2.24, 2.45) is 0 Å². The van der Waals surface area contributed by atoms with Gasteiger partial charge in [-0.2, -0.15) is 0 Å². The van der Waals surface area contributed by atoms with Gasteiger partial charge in [0.05, 0.1) is 14.8 Å². The number of rotatable bonds is 2. The molecule has 0 aliphatic carbocycles. The van der Waals surface area contributed by atoms with E-state index in [0.717, 1.165) is 0 Å². The first-order valence-corrected chi connectivity index (χ1v) is 3.10. The van der Waals surface area contributed by atoms with Crippen LogP contribution in [0, 0.1) is 0 Å². The second-order valence-corrected chi connectivity index (χ2v) is 2.06. The molecular formula is C8H10NO2+. The first kappa shape index (κ1) is 5.32. The van der Waals surface area contributed by atoms with Crippen LogP contribution in [0.3, 0.4) is 0 Å². The molecule has 1 rings (SSSR count). The van der Waals surface area contributed by atoms with Gasteiger partial charge >= 0.3 is 5.97 Å². The molecule has 0 fully saturated rings. The highest BCUT2D eigenvalue weighted by molar-refractivity contribution is 5.87. The molecule has 0 saturated heterocycles. The van der Waals surface area contributed by atoms with Crippen LogP contribution in [-0.2, 0) is 6.50 Å². The first-order valence-electron chi connectivity index (χ1n) is 4.10. The zero-order valence-electron chi connectivity index (χ0n) is 7.87. The Morgan fingerprint density at radius 3 is 2.45 bits per heavy atom. The predicted octanol–water partition coefficient (Wildman–Crippen LogP) is 0.127. The van der Waals surface area contributed by atoms with Crippen molar-refractivity contribution in [3.05, 3.63) is 35.4 Å². The minimum absolute atomic E-state index is 0.146. The Kier molecular flexibility index (Phi) is 1.53. The molecule has 0 bridgehead atoms. The number of aromatic carboxylic acids is 1. The summed E-state index contributed by atoms with van der Waals surface area (Å²) in [4.78, 5) is 10.5. The summed E-state index contributed by atoms with van der Waals surface area (Å²) in [7, 11) is 0. The molecule has 11 heavy (non-hydrogen) atoms. The van der Waals surface area contributed by atoms with Gasteiger partial charge in [0.15, 0.2) is 0 Å². The molecule has 1 aromatic rings. The lowest BCUT2D eigenvalue weighted by molar-refractivity contribution is -0.386. The molecule has 0 spiro atoms. The standard InChI is InChI=1S/C8H9NO2/c9-5-6-1-3-7(4-2-6)8(10)11/h1-4H,5,9H2,(H,10,11)/p+1/i5D2. The number of hydrogen-bond acceptors (Lipinski definition) is 1. The van der Waals surface area contributed by atoms with Gasteiger partial charge in [0.2, 0.25) is 0 Å². The fourth-order valence-corrected chi connectivity index (χ4v) is 0.731. The lowest BCUT2D eigenvalue weighted by atomic mass is 10.1. The quantitative estimate of drug-likeness (QED) is 0.635. The molecule has 0 aliphatic rings. The van der Waals surface area contributed by atoms with Gasteiger partial charge in [0.25, 0.3) is 0 Å². The summed E-state index contributed by atoms with van der Waals surface area (Å²) in [5.74, 6) is -1.02. The largest absolute Gasteiger partial charge is 0.478 e. The molecule has 58 valence electrons. The van der Waals surface area contributed by atoms with Crippen LogP contribution >= 0.6 is 0 Å². The third-order valence-electron chi connectivity index (χ3n) is 1.34. The zero-order chi connectivity index (χ0) is 10.1. The molecule has 0 saturated carbocycles. The second-order valence-electron chi connectivity index (χ2n) is 2.06. The predicted molar refractivity (Wildman–Crippen MR) is 40.0 cm³/mol. The maximum absolute atomic E-state index is 10.5. The van der Waals surface area contributed by atoms with Crippen LogP contribution in [0.25, 0.3) is 0 Å². The van der Waals surface area contributed by atoms with E-state index < -0.39 is 12.5 Å². The van der Waals surface area contributed by atoms with Crippen LogP contribution < -0.4 is 5.73 Å². The Morgan fingerprint density at radius 2 is 2.09 bits per heavy atom. The topological polar surface area (TPSA) is 64.9 Å². The van der Waals surface area contributed by atoms with Crippen LogP contribution in [0.5, 0.6) is 0 Å². The number of carboxylic acids is 1. The van der Waals surface area contributed by atoms with E-state index >= 15 is 0 Å². The summed E-state index contributed by atoms with van der Waals surface area (Å²) in [6.45, 7) is -1.67. The van der Waals surface area contributed by atoms with Crippen molar-refractivity contribution < 1.29 is 18.4 Å². The number of hydrogen-bond donors (Lipinski definition) is 2. The molecule has 3 heteroatoms. The Bertz CT molecular complexity index is 316. The maximum atomic E-state index is 10.5. The minimum Gasteiger partial charge on any atom is -0.478 e. The maximum Gasteiger partial charge on any atom is 0.335 e. The number of benzene rings is 1. The highest BCUT2D eigenvalue weighted by Crippen LogP contribution is 2.02. The number of carbonyl (C=O) groups is 1. The van der Waals surface area contributed by atoms with E-state index in [2.05, 4.69) is 5.73 Å². The van der Waals surface area contributed by atoms with Crippen molar-refractivity contribution in [3.8, 4) is 0 Å². The normalized spacial score (nSPS) is 13.5. The molecule has 0 radical (unpaired) electrons. The van der Waals surface area contributed by atoms with Crippen LogP contribution in [0.1, 0.15) is 18.7 Å². The molecule has 0 aliphatic heterocycles. The molecule has 0 amide bonds.